The van der Waals surface area contributed by atoms with E-state index in [0.29, 0.717) is 22.5 Å². The number of thioether (sulfide) groups is 1. The van der Waals surface area contributed by atoms with Gasteiger partial charge in [0.05, 0.1) is 16.7 Å². The summed E-state index contributed by atoms with van der Waals surface area (Å²) in [5.41, 5.74) is 1.59. The van der Waals surface area contributed by atoms with Gasteiger partial charge in [0.15, 0.2) is 11.0 Å². The minimum absolute atomic E-state index is 0.121. The number of aromatic nitrogens is 5. The molecule has 0 aliphatic carbocycles. The van der Waals surface area contributed by atoms with Crippen LogP contribution in [-0.4, -0.2) is 24.7 Å². The second-order valence-electron chi connectivity index (χ2n) is 5.55. The molecule has 4 rings (SSSR count). The minimum atomic E-state index is -0.121. The van der Waals surface area contributed by atoms with Gasteiger partial charge in [0.2, 0.25) is 0 Å². The van der Waals surface area contributed by atoms with Gasteiger partial charge in [-0.1, -0.05) is 54.2 Å². The summed E-state index contributed by atoms with van der Waals surface area (Å²) >= 11 is 1.49. The van der Waals surface area contributed by atoms with Gasteiger partial charge in [-0.25, -0.2) is 4.98 Å². The molecule has 0 radical (unpaired) electrons. The standard InChI is InChI=1S/C18H15N5OS/c1-23-16(12-7-3-2-4-8-12)21-22-18(23)25-11-15-19-14-10-6-5-9-13(14)17(24)20-15/h2-10H,11H2,1H3,(H,19,20,24). The lowest BCUT2D eigenvalue weighted by molar-refractivity contribution is 0.793. The van der Waals surface area contributed by atoms with Crippen molar-refractivity contribution < 1.29 is 0 Å². The van der Waals surface area contributed by atoms with Gasteiger partial charge in [-0.3, -0.25) is 4.79 Å². The smallest absolute Gasteiger partial charge is 0.258 e. The second-order valence-corrected chi connectivity index (χ2v) is 6.49. The van der Waals surface area contributed by atoms with Crippen molar-refractivity contribution in [1.29, 1.82) is 0 Å². The third kappa shape index (κ3) is 3.06. The molecule has 1 N–H and O–H groups in total. The van der Waals surface area contributed by atoms with Gasteiger partial charge in [0.1, 0.15) is 5.82 Å². The van der Waals surface area contributed by atoms with E-state index in [0.717, 1.165) is 16.5 Å². The molecule has 0 aliphatic heterocycles. The summed E-state index contributed by atoms with van der Waals surface area (Å²) in [5.74, 6) is 1.95. The second kappa shape index (κ2) is 6.52. The van der Waals surface area contributed by atoms with Gasteiger partial charge in [-0.2, -0.15) is 0 Å². The summed E-state index contributed by atoms with van der Waals surface area (Å²) in [6.07, 6.45) is 0. The fourth-order valence-corrected chi connectivity index (χ4v) is 3.40. The summed E-state index contributed by atoms with van der Waals surface area (Å²) < 4.78 is 1.94. The fraction of sp³-hybridized carbons (Fsp3) is 0.111. The third-order valence-corrected chi connectivity index (χ3v) is 4.90. The highest BCUT2D eigenvalue weighted by Gasteiger charge is 2.12. The molecule has 25 heavy (non-hydrogen) atoms. The van der Waals surface area contributed by atoms with Crippen LogP contribution in [0.25, 0.3) is 22.3 Å². The molecule has 0 unspecified atom stereocenters. The van der Waals surface area contributed by atoms with E-state index in [2.05, 4.69) is 20.2 Å². The highest BCUT2D eigenvalue weighted by atomic mass is 32.2. The van der Waals surface area contributed by atoms with Gasteiger partial charge in [-0.15, -0.1) is 10.2 Å². The molecule has 7 heteroatoms. The zero-order valence-electron chi connectivity index (χ0n) is 13.5. The Labute approximate surface area is 148 Å². The minimum Gasteiger partial charge on any atom is -0.309 e. The first-order valence-electron chi connectivity index (χ1n) is 7.78. The topological polar surface area (TPSA) is 76.5 Å². The van der Waals surface area contributed by atoms with Crippen molar-refractivity contribution in [3.8, 4) is 11.4 Å². The third-order valence-electron chi connectivity index (χ3n) is 3.87. The first kappa shape index (κ1) is 15.6. The highest BCUT2D eigenvalue weighted by molar-refractivity contribution is 7.98. The predicted molar refractivity (Wildman–Crippen MR) is 98.4 cm³/mol. The van der Waals surface area contributed by atoms with Crippen LogP contribution in [0.15, 0.2) is 64.5 Å². The van der Waals surface area contributed by atoms with E-state index in [-0.39, 0.29) is 5.56 Å². The van der Waals surface area contributed by atoms with Gasteiger partial charge >= 0.3 is 0 Å². The van der Waals surface area contributed by atoms with E-state index < -0.39 is 0 Å². The van der Waals surface area contributed by atoms with Crippen molar-refractivity contribution in [3.63, 3.8) is 0 Å². The van der Waals surface area contributed by atoms with Gasteiger partial charge in [-0.05, 0) is 12.1 Å². The molecule has 0 spiro atoms. The molecule has 0 amide bonds. The van der Waals surface area contributed by atoms with Crippen LogP contribution >= 0.6 is 11.8 Å². The van der Waals surface area contributed by atoms with Gasteiger partial charge < -0.3 is 9.55 Å². The lowest BCUT2D eigenvalue weighted by atomic mass is 10.2. The molecule has 0 aliphatic rings. The monoisotopic (exact) mass is 349 g/mol. The van der Waals surface area contributed by atoms with Crippen LogP contribution in [0.3, 0.4) is 0 Å². The Balaban J connectivity index is 1.58. The summed E-state index contributed by atoms with van der Waals surface area (Å²) in [6.45, 7) is 0. The van der Waals surface area contributed by atoms with Crippen LogP contribution in [0.1, 0.15) is 5.82 Å². The molecule has 0 bridgehead atoms. The molecule has 2 aromatic heterocycles. The number of hydrogen-bond acceptors (Lipinski definition) is 5. The zero-order chi connectivity index (χ0) is 17.2. The highest BCUT2D eigenvalue weighted by Crippen LogP contribution is 2.24. The maximum absolute atomic E-state index is 12.1. The summed E-state index contributed by atoms with van der Waals surface area (Å²) in [6, 6.07) is 17.2. The molecule has 6 nitrogen and oxygen atoms in total. The van der Waals surface area contributed by atoms with E-state index in [4.69, 9.17) is 0 Å². The average Bonchev–Trinajstić information content (AvgIpc) is 3.01. The number of nitrogens with zero attached hydrogens (tertiary/aromatic N) is 4. The first-order chi connectivity index (χ1) is 12.2. The number of aromatic amines is 1. The van der Waals surface area contributed by atoms with Crippen molar-refractivity contribution in [2.45, 2.75) is 10.9 Å². The zero-order valence-corrected chi connectivity index (χ0v) is 14.3. The number of hydrogen-bond donors (Lipinski definition) is 1. The first-order valence-corrected chi connectivity index (χ1v) is 8.76. The molecule has 0 fully saturated rings. The largest absolute Gasteiger partial charge is 0.309 e. The van der Waals surface area contributed by atoms with Crippen LogP contribution in [0.2, 0.25) is 0 Å². The van der Waals surface area contributed by atoms with Crippen molar-refractivity contribution >= 4 is 22.7 Å². The summed E-state index contributed by atoms with van der Waals surface area (Å²) in [4.78, 5) is 19.5. The van der Waals surface area contributed by atoms with Crippen LogP contribution in [-0.2, 0) is 12.8 Å². The maximum Gasteiger partial charge on any atom is 0.258 e. The summed E-state index contributed by atoms with van der Waals surface area (Å²) in [7, 11) is 1.93. The number of rotatable bonds is 4. The molecule has 124 valence electrons. The quantitative estimate of drug-likeness (QED) is 0.573. The molecule has 2 heterocycles. The molecular formula is C18H15N5OS. The Hall–Kier alpha value is -2.93. The van der Waals surface area contributed by atoms with E-state index in [1.54, 1.807) is 6.07 Å². The Bertz CT molecular complexity index is 1090. The van der Waals surface area contributed by atoms with Crippen LogP contribution in [0.5, 0.6) is 0 Å². The Morgan fingerprint density at radius 2 is 1.80 bits per heavy atom. The van der Waals surface area contributed by atoms with E-state index in [9.17, 15) is 4.79 Å². The average molecular weight is 349 g/mol. The van der Waals surface area contributed by atoms with Gasteiger partial charge in [0, 0.05) is 12.6 Å². The number of benzene rings is 2. The van der Waals surface area contributed by atoms with Crippen LogP contribution in [0.4, 0.5) is 0 Å². The molecule has 2 aromatic carbocycles. The van der Waals surface area contributed by atoms with Crippen molar-refractivity contribution in [2.24, 2.45) is 7.05 Å². The van der Waals surface area contributed by atoms with Gasteiger partial charge in [0.25, 0.3) is 5.56 Å². The molecular weight excluding hydrogens is 334 g/mol. The SMILES string of the molecule is Cn1c(SCc2nc3ccccc3c(=O)[nH]2)nnc1-c1ccccc1. The van der Waals surface area contributed by atoms with E-state index in [1.807, 2.05) is 60.1 Å². The lowest BCUT2D eigenvalue weighted by Gasteiger charge is -2.04. The predicted octanol–water partition coefficient (Wildman–Crippen LogP) is 3.01. The molecule has 0 saturated heterocycles. The van der Waals surface area contributed by atoms with Crippen molar-refractivity contribution in [2.75, 3.05) is 0 Å². The molecule has 0 saturated carbocycles. The lowest BCUT2D eigenvalue weighted by Crippen LogP contribution is -2.11. The van der Waals surface area contributed by atoms with Crippen LogP contribution in [0, 0.1) is 0 Å². The fourth-order valence-electron chi connectivity index (χ4n) is 2.62. The maximum atomic E-state index is 12.1. The molecule has 4 aromatic rings. The summed E-state index contributed by atoms with van der Waals surface area (Å²) in [5, 5.41) is 9.88. The number of nitrogens with one attached hydrogen (secondary N) is 1. The van der Waals surface area contributed by atoms with Crippen molar-refractivity contribution in [3.05, 3.63) is 70.8 Å². The Kier molecular flexibility index (Phi) is 4.07. The number of fused-ring (bicyclic) bond motifs is 1. The number of H-pyrrole nitrogens is 1. The Morgan fingerprint density at radius 3 is 2.64 bits per heavy atom. The van der Waals surface area contributed by atoms with E-state index in [1.165, 1.54) is 11.8 Å². The van der Waals surface area contributed by atoms with E-state index >= 15 is 0 Å². The van der Waals surface area contributed by atoms with Crippen molar-refractivity contribution in [1.82, 2.24) is 24.7 Å². The van der Waals surface area contributed by atoms with Crippen LogP contribution < -0.4 is 5.56 Å². The molecule has 0 atom stereocenters. The number of para-hydroxylation sites is 1. The Morgan fingerprint density at radius 1 is 1.04 bits per heavy atom. The normalized spacial score (nSPS) is 11.1.